The van der Waals surface area contributed by atoms with Crippen LogP contribution in [0.15, 0.2) is 24.3 Å². The summed E-state index contributed by atoms with van der Waals surface area (Å²) < 4.78 is 0. The van der Waals surface area contributed by atoms with Crippen molar-refractivity contribution in [2.75, 3.05) is 13.2 Å². The number of rotatable bonds is 3. The molecule has 0 spiro atoms. The van der Waals surface area contributed by atoms with Gasteiger partial charge in [-0.25, -0.2) is 0 Å². The fourth-order valence-electron chi connectivity index (χ4n) is 2.06. The quantitative estimate of drug-likeness (QED) is 0.696. The van der Waals surface area contributed by atoms with Crippen molar-refractivity contribution in [1.29, 1.82) is 0 Å². The Bertz CT molecular complexity index is 321. The molecular weight excluding hydrogens is 190 g/mol. The first-order valence-corrected chi connectivity index (χ1v) is 5.43. The van der Waals surface area contributed by atoms with Crippen LogP contribution in [0.1, 0.15) is 36.1 Å². The normalized spacial score (nSPS) is 22.9. The molecule has 1 aliphatic rings. The van der Waals surface area contributed by atoms with E-state index in [0.717, 1.165) is 18.5 Å². The monoisotopic (exact) mass is 207 g/mol. The molecule has 2 atom stereocenters. The van der Waals surface area contributed by atoms with Gasteiger partial charge in [-0.3, -0.25) is 0 Å². The summed E-state index contributed by atoms with van der Waals surface area (Å²) in [4.78, 5) is 0. The lowest BCUT2D eigenvalue weighted by Crippen LogP contribution is -2.13. The van der Waals surface area contributed by atoms with Crippen LogP contribution in [0.2, 0.25) is 0 Å². The smallest absolute Gasteiger partial charge is 0.102 e. The summed E-state index contributed by atoms with van der Waals surface area (Å²) in [5, 5.41) is 21.8. The number of benzene rings is 1. The summed E-state index contributed by atoms with van der Waals surface area (Å²) in [5.74, 6) is 0. The largest absolute Gasteiger partial charge is 0.393 e. The average molecular weight is 207 g/mol. The fourth-order valence-corrected chi connectivity index (χ4v) is 2.06. The van der Waals surface area contributed by atoms with Gasteiger partial charge < -0.3 is 15.5 Å². The predicted molar refractivity (Wildman–Crippen MR) is 58.5 cm³/mol. The van der Waals surface area contributed by atoms with E-state index in [0.29, 0.717) is 6.04 Å². The van der Waals surface area contributed by atoms with E-state index in [2.05, 4.69) is 11.4 Å². The minimum Gasteiger partial charge on any atom is -0.393 e. The molecule has 0 radical (unpaired) electrons. The standard InChI is InChI=1S/C12H17NO2/c14-8-12(15)10-4-1-3-9(7-10)11-5-2-6-13-11/h1,3-4,7,11-15H,2,5-6,8H2. The SMILES string of the molecule is OCC(O)c1cccc(C2CCCN2)c1. The molecule has 1 fully saturated rings. The van der Waals surface area contributed by atoms with E-state index in [-0.39, 0.29) is 6.61 Å². The van der Waals surface area contributed by atoms with Crippen molar-refractivity contribution in [3.05, 3.63) is 35.4 Å². The third kappa shape index (κ3) is 2.37. The Morgan fingerprint density at radius 1 is 1.47 bits per heavy atom. The van der Waals surface area contributed by atoms with Crippen molar-refractivity contribution < 1.29 is 10.2 Å². The zero-order valence-electron chi connectivity index (χ0n) is 8.69. The van der Waals surface area contributed by atoms with Crippen molar-refractivity contribution in [3.63, 3.8) is 0 Å². The topological polar surface area (TPSA) is 52.5 Å². The van der Waals surface area contributed by atoms with Gasteiger partial charge in [0.2, 0.25) is 0 Å². The summed E-state index contributed by atoms with van der Waals surface area (Å²) in [6, 6.07) is 8.24. The molecule has 0 bridgehead atoms. The molecular formula is C12H17NO2. The molecule has 0 aliphatic carbocycles. The number of aliphatic hydroxyl groups excluding tert-OH is 2. The Hall–Kier alpha value is -0.900. The van der Waals surface area contributed by atoms with Crippen LogP contribution in [-0.4, -0.2) is 23.4 Å². The minimum absolute atomic E-state index is 0.221. The van der Waals surface area contributed by atoms with E-state index in [1.54, 1.807) is 0 Å². The van der Waals surface area contributed by atoms with Gasteiger partial charge in [-0.15, -0.1) is 0 Å². The van der Waals surface area contributed by atoms with Gasteiger partial charge in [-0.05, 0) is 30.5 Å². The van der Waals surface area contributed by atoms with Crippen LogP contribution >= 0.6 is 0 Å². The molecule has 82 valence electrons. The zero-order valence-corrected chi connectivity index (χ0v) is 8.69. The van der Waals surface area contributed by atoms with Gasteiger partial charge in [-0.2, -0.15) is 0 Å². The number of hydrogen-bond acceptors (Lipinski definition) is 3. The summed E-state index contributed by atoms with van der Waals surface area (Å²) in [6.07, 6.45) is 1.60. The average Bonchev–Trinajstić information content (AvgIpc) is 2.82. The van der Waals surface area contributed by atoms with E-state index >= 15 is 0 Å². The van der Waals surface area contributed by atoms with Crippen LogP contribution in [-0.2, 0) is 0 Å². The molecule has 0 aromatic heterocycles. The second-order valence-electron chi connectivity index (χ2n) is 4.02. The van der Waals surface area contributed by atoms with E-state index in [9.17, 15) is 5.11 Å². The first-order chi connectivity index (χ1) is 7.31. The lowest BCUT2D eigenvalue weighted by Gasteiger charge is -2.14. The maximum atomic E-state index is 9.53. The van der Waals surface area contributed by atoms with Gasteiger partial charge in [0.05, 0.1) is 6.61 Å². The molecule has 1 saturated heterocycles. The first-order valence-electron chi connectivity index (χ1n) is 5.43. The zero-order chi connectivity index (χ0) is 10.7. The molecule has 2 rings (SSSR count). The van der Waals surface area contributed by atoms with E-state index < -0.39 is 6.10 Å². The second-order valence-corrected chi connectivity index (χ2v) is 4.02. The first kappa shape index (κ1) is 10.6. The molecule has 2 unspecified atom stereocenters. The van der Waals surface area contributed by atoms with Crippen molar-refractivity contribution in [1.82, 2.24) is 5.32 Å². The highest BCUT2D eigenvalue weighted by Crippen LogP contribution is 2.25. The number of nitrogens with one attached hydrogen (secondary N) is 1. The van der Waals surface area contributed by atoms with Gasteiger partial charge in [0.25, 0.3) is 0 Å². The number of hydrogen-bond donors (Lipinski definition) is 3. The van der Waals surface area contributed by atoms with Crippen LogP contribution in [0, 0.1) is 0 Å². The maximum absolute atomic E-state index is 9.53. The van der Waals surface area contributed by atoms with Crippen LogP contribution < -0.4 is 5.32 Å². The predicted octanol–water partition coefficient (Wildman–Crippen LogP) is 1.14. The second kappa shape index (κ2) is 4.75. The van der Waals surface area contributed by atoms with Gasteiger partial charge in [0.1, 0.15) is 6.10 Å². The molecule has 3 N–H and O–H groups in total. The van der Waals surface area contributed by atoms with Crippen LogP contribution in [0.25, 0.3) is 0 Å². The summed E-state index contributed by atoms with van der Waals surface area (Å²) in [6.45, 7) is 0.846. The Morgan fingerprint density at radius 2 is 2.33 bits per heavy atom. The molecule has 1 aromatic carbocycles. The van der Waals surface area contributed by atoms with Crippen LogP contribution in [0.4, 0.5) is 0 Å². The Morgan fingerprint density at radius 3 is 3.00 bits per heavy atom. The van der Waals surface area contributed by atoms with E-state index in [4.69, 9.17) is 5.11 Å². The van der Waals surface area contributed by atoms with Gasteiger partial charge in [-0.1, -0.05) is 24.3 Å². The molecule has 0 saturated carbocycles. The summed E-state index contributed by atoms with van der Waals surface area (Å²) in [7, 11) is 0. The molecule has 1 heterocycles. The molecule has 0 amide bonds. The highest BCUT2D eigenvalue weighted by molar-refractivity contribution is 5.28. The van der Waals surface area contributed by atoms with Crippen LogP contribution in [0.3, 0.4) is 0 Å². The minimum atomic E-state index is -0.758. The fraction of sp³-hybridized carbons (Fsp3) is 0.500. The Kier molecular flexibility index (Phi) is 3.36. The van der Waals surface area contributed by atoms with Gasteiger partial charge in [0, 0.05) is 6.04 Å². The molecule has 15 heavy (non-hydrogen) atoms. The van der Waals surface area contributed by atoms with Crippen LogP contribution in [0.5, 0.6) is 0 Å². The van der Waals surface area contributed by atoms with Gasteiger partial charge in [0.15, 0.2) is 0 Å². The van der Waals surface area contributed by atoms with Gasteiger partial charge >= 0.3 is 0 Å². The molecule has 3 heteroatoms. The molecule has 1 aliphatic heterocycles. The highest BCUT2D eigenvalue weighted by Gasteiger charge is 2.17. The van der Waals surface area contributed by atoms with Crippen molar-refractivity contribution in [3.8, 4) is 0 Å². The Labute approximate surface area is 89.8 Å². The van der Waals surface area contributed by atoms with E-state index in [1.807, 2.05) is 18.2 Å². The third-order valence-corrected chi connectivity index (χ3v) is 2.93. The maximum Gasteiger partial charge on any atom is 0.102 e. The van der Waals surface area contributed by atoms with Crippen molar-refractivity contribution in [2.24, 2.45) is 0 Å². The molecule has 1 aromatic rings. The van der Waals surface area contributed by atoms with Crippen molar-refractivity contribution in [2.45, 2.75) is 25.0 Å². The van der Waals surface area contributed by atoms with E-state index in [1.165, 1.54) is 12.0 Å². The lowest BCUT2D eigenvalue weighted by atomic mass is 10.0. The summed E-state index contributed by atoms with van der Waals surface area (Å²) >= 11 is 0. The van der Waals surface area contributed by atoms with Crippen molar-refractivity contribution >= 4 is 0 Å². The third-order valence-electron chi connectivity index (χ3n) is 2.93. The summed E-state index contributed by atoms with van der Waals surface area (Å²) in [5.41, 5.74) is 2.00. The number of aliphatic hydroxyl groups is 2. The Balaban J connectivity index is 2.18. The lowest BCUT2D eigenvalue weighted by molar-refractivity contribution is 0.0955. The molecule has 3 nitrogen and oxygen atoms in total. The highest BCUT2D eigenvalue weighted by atomic mass is 16.3.